The summed E-state index contributed by atoms with van der Waals surface area (Å²) in [5.41, 5.74) is 3.54. The number of allylic oxidation sites excluding steroid dienone is 5. The Bertz CT molecular complexity index is 494. The van der Waals surface area contributed by atoms with Crippen LogP contribution in [0.5, 0.6) is 0 Å². The van der Waals surface area contributed by atoms with Gasteiger partial charge in [0.2, 0.25) is 0 Å². The smallest absolute Gasteiger partial charge is 0.0268 e. The van der Waals surface area contributed by atoms with Crippen LogP contribution in [0.25, 0.3) is 6.08 Å². The molecule has 0 nitrogen and oxygen atoms in total. The zero-order valence-corrected chi connectivity index (χ0v) is 10.3. The molecule has 0 radical (unpaired) electrons. The first-order valence-corrected chi connectivity index (χ1v) is 7.59. The molecular formula is C15H15P. The van der Waals surface area contributed by atoms with Gasteiger partial charge in [-0.2, -0.15) is 0 Å². The van der Waals surface area contributed by atoms with Gasteiger partial charge in [-0.05, 0) is 29.5 Å². The monoisotopic (exact) mass is 226 g/mol. The summed E-state index contributed by atoms with van der Waals surface area (Å²) in [6, 6.07) is 8.77. The van der Waals surface area contributed by atoms with Gasteiger partial charge >= 0.3 is 0 Å². The van der Waals surface area contributed by atoms with Crippen molar-refractivity contribution in [3.63, 3.8) is 0 Å². The van der Waals surface area contributed by atoms with Crippen molar-refractivity contribution in [2.45, 2.75) is 12.1 Å². The Morgan fingerprint density at radius 1 is 1.19 bits per heavy atom. The van der Waals surface area contributed by atoms with Gasteiger partial charge in [0.1, 0.15) is 0 Å². The normalized spacial score (nSPS) is 23.3. The number of hydrogen-bond acceptors (Lipinski definition) is 0. The van der Waals surface area contributed by atoms with E-state index in [0.717, 1.165) is 6.42 Å². The molecule has 16 heavy (non-hydrogen) atoms. The van der Waals surface area contributed by atoms with E-state index in [-0.39, 0.29) is 7.92 Å². The Morgan fingerprint density at radius 3 is 2.88 bits per heavy atom. The van der Waals surface area contributed by atoms with Gasteiger partial charge in [-0.15, -0.1) is 0 Å². The quantitative estimate of drug-likeness (QED) is 0.640. The second-order valence-corrected chi connectivity index (χ2v) is 6.61. The number of fused-ring (bicyclic) bond motifs is 1. The SMILES string of the molecule is CP(C1=CCC=C1)C1C=Cc2ccccc21. The van der Waals surface area contributed by atoms with Crippen molar-refractivity contribution in [1.29, 1.82) is 0 Å². The number of rotatable bonds is 2. The van der Waals surface area contributed by atoms with Gasteiger partial charge < -0.3 is 0 Å². The molecule has 0 amide bonds. The van der Waals surface area contributed by atoms with Crippen LogP contribution in [0.2, 0.25) is 0 Å². The summed E-state index contributed by atoms with van der Waals surface area (Å²) in [4.78, 5) is 0. The Kier molecular flexibility index (Phi) is 2.53. The van der Waals surface area contributed by atoms with Crippen molar-refractivity contribution in [1.82, 2.24) is 0 Å². The van der Waals surface area contributed by atoms with Gasteiger partial charge in [0.15, 0.2) is 0 Å². The largest absolute Gasteiger partial charge is 0.0801 e. The summed E-state index contributed by atoms with van der Waals surface area (Å²) < 4.78 is 0. The van der Waals surface area contributed by atoms with E-state index >= 15 is 0 Å². The molecule has 0 N–H and O–H groups in total. The van der Waals surface area contributed by atoms with Gasteiger partial charge in [-0.3, -0.25) is 0 Å². The number of hydrogen-bond donors (Lipinski definition) is 0. The third-order valence-electron chi connectivity index (χ3n) is 3.35. The van der Waals surface area contributed by atoms with Crippen molar-refractivity contribution in [2.24, 2.45) is 0 Å². The van der Waals surface area contributed by atoms with E-state index in [1.165, 1.54) is 11.1 Å². The maximum absolute atomic E-state index is 2.40. The zero-order valence-electron chi connectivity index (χ0n) is 9.43. The number of benzene rings is 1. The maximum atomic E-state index is 2.40. The molecule has 0 spiro atoms. The molecular weight excluding hydrogens is 211 g/mol. The van der Waals surface area contributed by atoms with E-state index in [4.69, 9.17) is 0 Å². The van der Waals surface area contributed by atoms with Gasteiger partial charge in [-0.25, -0.2) is 0 Å². The topological polar surface area (TPSA) is 0 Å². The second kappa shape index (κ2) is 4.03. The van der Waals surface area contributed by atoms with Crippen LogP contribution in [0.1, 0.15) is 23.2 Å². The van der Waals surface area contributed by atoms with Crippen molar-refractivity contribution in [3.8, 4) is 0 Å². The van der Waals surface area contributed by atoms with Crippen molar-refractivity contribution in [2.75, 3.05) is 6.66 Å². The van der Waals surface area contributed by atoms with E-state index in [2.05, 4.69) is 61.3 Å². The zero-order chi connectivity index (χ0) is 11.0. The Balaban J connectivity index is 1.93. The minimum absolute atomic E-state index is 0.0819. The summed E-state index contributed by atoms with van der Waals surface area (Å²) in [5, 5.41) is 1.56. The predicted molar refractivity (Wildman–Crippen MR) is 72.9 cm³/mol. The van der Waals surface area contributed by atoms with Gasteiger partial charge in [0.05, 0.1) is 0 Å². The summed E-state index contributed by atoms with van der Waals surface area (Å²) >= 11 is 0. The average molecular weight is 226 g/mol. The molecule has 2 unspecified atom stereocenters. The van der Waals surface area contributed by atoms with Crippen LogP contribution in [0.4, 0.5) is 0 Å². The van der Waals surface area contributed by atoms with Crippen LogP contribution in [0.3, 0.4) is 0 Å². The molecule has 0 aromatic heterocycles. The van der Waals surface area contributed by atoms with Crippen molar-refractivity contribution in [3.05, 3.63) is 65.0 Å². The summed E-state index contributed by atoms with van der Waals surface area (Å²) in [6.45, 7) is 2.40. The third kappa shape index (κ3) is 1.58. The molecule has 80 valence electrons. The molecule has 2 aliphatic carbocycles. The highest BCUT2D eigenvalue weighted by atomic mass is 31.1. The summed E-state index contributed by atoms with van der Waals surface area (Å²) in [7, 11) is -0.0819. The standard InChI is InChI=1S/C15H15P/c1-16(13-7-3-4-8-13)15-11-10-12-6-2-5-9-14(12)15/h2-3,5-11,15H,4H2,1H3. The second-order valence-electron chi connectivity index (χ2n) is 4.31. The fourth-order valence-corrected chi connectivity index (χ4v) is 4.49. The molecule has 1 aromatic carbocycles. The highest BCUT2D eigenvalue weighted by Gasteiger charge is 2.24. The molecule has 0 saturated carbocycles. The third-order valence-corrected chi connectivity index (χ3v) is 5.78. The Hall–Kier alpha value is -1.13. The molecule has 0 bridgehead atoms. The summed E-state index contributed by atoms with van der Waals surface area (Å²) in [5.74, 6) is 0. The lowest BCUT2D eigenvalue weighted by atomic mass is 10.1. The van der Waals surface area contributed by atoms with E-state index in [1.807, 2.05) is 0 Å². The van der Waals surface area contributed by atoms with Crippen LogP contribution in [0.15, 0.2) is 53.9 Å². The molecule has 0 saturated heterocycles. The van der Waals surface area contributed by atoms with Crippen LogP contribution in [-0.4, -0.2) is 6.66 Å². The molecule has 0 fully saturated rings. The summed E-state index contributed by atoms with van der Waals surface area (Å²) in [6.07, 6.45) is 12.7. The molecule has 1 aromatic rings. The van der Waals surface area contributed by atoms with E-state index < -0.39 is 0 Å². The van der Waals surface area contributed by atoms with Crippen molar-refractivity contribution >= 4 is 14.0 Å². The average Bonchev–Trinajstić information content (AvgIpc) is 2.98. The van der Waals surface area contributed by atoms with Crippen LogP contribution in [0, 0.1) is 0 Å². The molecule has 0 aliphatic heterocycles. The Morgan fingerprint density at radius 2 is 2.06 bits per heavy atom. The fourth-order valence-electron chi connectivity index (χ4n) is 2.44. The fraction of sp³-hybridized carbons (Fsp3) is 0.200. The first-order chi connectivity index (χ1) is 7.86. The minimum atomic E-state index is -0.0819. The highest BCUT2D eigenvalue weighted by molar-refractivity contribution is 7.62. The lowest BCUT2D eigenvalue weighted by Gasteiger charge is -2.20. The van der Waals surface area contributed by atoms with Crippen LogP contribution in [-0.2, 0) is 0 Å². The van der Waals surface area contributed by atoms with E-state index in [9.17, 15) is 0 Å². The molecule has 3 rings (SSSR count). The van der Waals surface area contributed by atoms with Gasteiger partial charge in [-0.1, -0.05) is 62.6 Å². The maximum Gasteiger partial charge on any atom is 0.0268 e. The molecule has 2 atom stereocenters. The Labute approximate surface area is 98.1 Å². The molecule has 0 heterocycles. The highest BCUT2D eigenvalue weighted by Crippen LogP contribution is 2.59. The first kappa shape index (κ1) is 10.1. The van der Waals surface area contributed by atoms with Gasteiger partial charge in [0.25, 0.3) is 0 Å². The van der Waals surface area contributed by atoms with E-state index in [1.54, 1.807) is 5.31 Å². The first-order valence-electron chi connectivity index (χ1n) is 5.73. The molecule has 1 heteroatoms. The minimum Gasteiger partial charge on any atom is -0.0801 e. The van der Waals surface area contributed by atoms with Crippen molar-refractivity contribution < 1.29 is 0 Å². The molecule has 2 aliphatic rings. The lowest BCUT2D eigenvalue weighted by Crippen LogP contribution is -1.91. The predicted octanol–water partition coefficient (Wildman–Crippen LogP) is 4.71. The van der Waals surface area contributed by atoms with Crippen LogP contribution >= 0.6 is 7.92 Å². The van der Waals surface area contributed by atoms with Gasteiger partial charge in [0, 0.05) is 5.66 Å². The lowest BCUT2D eigenvalue weighted by molar-refractivity contribution is 1.24. The van der Waals surface area contributed by atoms with E-state index in [0.29, 0.717) is 5.66 Å². The van der Waals surface area contributed by atoms with Crippen LogP contribution < -0.4 is 0 Å².